The van der Waals surface area contributed by atoms with Crippen molar-refractivity contribution in [2.45, 2.75) is 19.1 Å². The zero-order valence-electron chi connectivity index (χ0n) is 14.4. The van der Waals surface area contributed by atoms with Crippen LogP contribution in [0.15, 0.2) is 24.3 Å². The van der Waals surface area contributed by atoms with Crippen LogP contribution in [0, 0.1) is 0 Å². The molecule has 1 aromatic carbocycles. The highest BCUT2D eigenvalue weighted by Crippen LogP contribution is 2.23. The summed E-state index contributed by atoms with van der Waals surface area (Å²) in [6, 6.07) is 6.91. The lowest BCUT2D eigenvalue weighted by Gasteiger charge is -2.42. The molecule has 0 radical (unpaired) electrons. The molecule has 3 rings (SSSR count). The Hall–Kier alpha value is -1.96. The van der Waals surface area contributed by atoms with E-state index in [1.165, 1.54) is 0 Å². The van der Waals surface area contributed by atoms with Gasteiger partial charge in [-0.25, -0.2) is 4.79 Å². The Bertz CT molecular complexity index is 644. The topological polar surface area (TPSA) is 79.3 Å². The van der Waals surface area contributed by atoms with E-state index in [9.17, 15) is 9.59 Å². The van der Waals surface area contributed by atoms with Gasteiger partial charge in [0, 0.05) is 32.7 Å². The minimum absolute atomic E-state index is 0.000198. The molecule has 1 atom stereocenters. The molecule has 136 valence electrons. The number of nitrogens with zero attached hydrogens (tertiary/aromatic N) is 2. The molecule has 1 aromatic rings. The van der Waals surface area contributed by atoms with Crippen LogP contribution >= 0.6 is 0 Å². The normalized spacial score (nSPS) is 24.9. The molecule has 2 aliphatic heterocycles. The highest BCUT2D eigenvalue weighted by molar-refractivity contribution is 5.87. The Balaban J connectivity index is 1.67. The van der Waals surface area contributed by atoms with Crippen molar-refractivity contribution >= 4 is 11.9 Å². The number of carbonyl (C=O) groups is 2. The number of carboxylic acids is 1. The number of benzene rings is 1. The quantitative estimate of drug-likeness (QED) is 0.868. The van der Waals surface area contributed by atoms with Crippen LogP contribution in [0.1, 0.15) is 22.8 Å². The fourth-order valence-electron chi connectivity index (χ4n) is 3.38. The predicted octanol–water partition coefficient (Wildman–Crippen LogP) is 0.835. The first kappa shape index (κ1) is 17.8. The summed E-state index contributed by atoms with van der Waals surface area (Å²) < 4.78 is 11.2. The maximum atomic E-state index is 12.9. The largest absolute Gasteiger partial charge is 0.478 e. The fourth-order valence-corrected chi connectivity index (χ4v) is 3.38. The van der Waals surface area contributed by atoms with E-state index in [0.717, 1.165) is 5.56 Å². The number of morpholine rings is 2. The second kappa shape index (κ2) is 7.51. The molecule has 0 saturated carbocycles. The summed E-state index contributed by atoms with van der Waals surface area (Å²) in [5.74, 6) is -0.934. The van der Waals surface area contributed by atoms with Crippen molar-refractivity contribution in [2.24, 2.45) is 0 Å². The number of amides is 1. The van der Waals surface area contributed by atoms with Crippen LogP contribution in [0.2, 0.25) is 0 Å². The molecule has 0 bridgehead atoms. The first-order valence-corrected chi connectivity index (χ1v) is 8.54. The summed E-state index contributed by atoms with van der Waals surface area (Å²) in [5, 5.41) is 9.12. The lowest BCUT2D eigenvalue weighted by Crippen LogP contribution is -2.60. The Labute approximate surface area is 147 Å². The van der Waals surface area contributed by atoms with Crippen molar-refractivity contribution in [2.75, 3.05) is 46.0 Å². The summed E-state index contributed by atoms with van der Waals surface area (Å²) in [6.45, 7) is 6.42. The van der Waals surface area contributed by atoms with Gasteiger partial charge in [-0.2, -0.15) is 0 Å². The minimum atomic E-state index is -0.934. The van der Waals surface area contributed by atoms with Crippen LogP contribution in [0.5, 0.6) is 0 Å². The maximum absolute atomic E-state index is 12.9. The third kappa shape index (κ3) is 4.18. The van der Waals surface area contributed by atoms with E-state index in [1.54, 1.807) is 23.1 Å². The Morgan fingerprint density at radius 2 is 1.96 bits per heavy atom. The molecule has 2 aliphatic rings. The number of carbonyl (C=O) groups excluding carboxylic acids is 1. The van der Waals surface area contributed by atoms with Crippen LogP contribution in [-0.4, -0.2) is 78.4 Å². The molecule has 2 saturated heterocycles. The molecule has 0 spiro atoms. The third-order valence-electron chi connectivity index (χ3n) is 4.68. The van der Waals surface area contributed by atoms with Crippen molar-refractivity contribution in [3.05, 3.63) is 35.4 Å². The van der Waals surface area contributed by atoms with Crippen LogP contribution in [0.4, 0.5) is 0 Å². The molecule has 0 unspecified atom stereocenters. The highest BCUT2D eigenvalue weighted by Gasteiger charge is 2.42. The summed E-state index contributed by atoms with van der Waals surface area (Å²) in [7, 11) is 0. The molecule has 1 N–H and O–H groups in total. The molecule has 7 heteroatoms. The number of rotatable bonds is 4. The van der Waals surface area contributed by atoms with Gasteiger partial charge in [0.15, 0.2) is 5.60 Å². The van der Waals surface area contributed by atoms with E-state index in [-0.39, 0.29) is 11.5 Å². The Morgan fingerprint density at radius 1 is 1.20 bits per heavy atom. The summed E-state index contributed by atoms with van der Waals surface area (Å²) >= 11 is 0. The van der Waals surface area contributed by atoms with Crippen molar-refractivity contribution in [1.29, 1.82) is 0 Å². The van der Waals surface area contributed by atoms with Crippen LogP contribution in [-0.2, 0) is 20.8 Å². The van der Waals surface area contributed by atoms with Gasteiger partial charge in [-0.05, 0) is 24.6 Å². The number of carboxylic acid groups (broad SMARTS) is 1. The average molecular weight is 348 g/mol. The van der Waals surface area contributed by atoms with E-state index < -0.39 is 11.6 Å². The molecule has 2 heterocycles. The third-order valence-corrected chi connectivity index (χ3v) is 4.68. The molecule has 7 nitrogen and oxygen atoms in total. The van der Waals surface area contributed by atoms with Gasteiger partial charge in [0.05, 0.1) is 25.4 Å². The number of aromatic carboxylic acids is 1. The van der Waals surface area contributed by atoms with Crippen LogP contribution < -0.4 is 0 Å². The van der Waals surface area contributed by atoms with E-state index >= 15 is 0 Å². The minimum Gasteiger partial charge on any atom is -0.478 e. The van der Waals surface area contributed by atoms with E-state index in [0.29, 0.717) is 52.5 Å². The summed E-state index contributed by atoms with van der Waals surface area (Å²) in [4.78, 5) is 27.9. The smallest absolute Gasteiger partial charge is 0.335 e. The van der Waals surface area contributed by atoms with Crippen LogP contribution in [0.3, 0.4) is 0 Å². The molecule has 2 fully saturated rings. The van der Waals surface area contributed by atoms with E-state index in [1.807, 2.05) is 13.0 Å². The molecular weight excluding hydrogens is 324 g/mol. The molecule has 25 heavy (non-hydrogen) atoms. The van der Waals surface area contributed by atoms with Crippen LogP contribution in [0.25, 0.3) is 0 Å². The monoisotopic (exact) mass is 348 g/mol. The van der Waals surface area contributed by atoms with Gasteiger partial charge in [0.2, 0.25) is 0 Å². The Morgan fingerprint density at radius 3 is 2.68 bits per heavy atom. The summed E-state index contributed by atoms with van der Waals surface area (Å²) in [6.07, 6.45) is 0. The van der Waals surface area contributed by atoms with Gasteiger partial charge in [-0.3, -0.25) is 9.69 Å². The number of hydrogen-bond donors (Lipinski definition) is 1. The molecule has 0 aliphatic carbocycles. The van der Waals surface area contributed by atoms with Gasteiger partial charge in [0.1, 0.15) is 0 Å². The second-order valence-corrected chi connectivity index (χ2v) is 6.70. The van der Waals surface area contributed by atoms with Gasteiger partial charge in [0.25, 0.3) is 5.91 Å². The SMILES string of the molecule is C[C@]1(C(=O)N2CCOCC2)CN(Cc2cccc(C(=O)O)c2)CCO1. The van der Waals surface area contributed by atoms with E-state index in [4.69, 9.17) is 14.6 Å². The van der Waals surface area contributed by atoms with Crippen molar-refractivity contribution in [1.82, 2.24) is 9.80 Å². The molecule has 1 amide bonds. The second-order valence-electron chi connectivity index (χ2n) is 6.70. The van der Waals surface area contributed by atoms with E-state index in [2.05, 4.69) is 4.90 Å². The van der Waals surface area contributed by atoms with Gasteiger partial charge in [-0.1, -0.05) is 12.1 Å². The standard InChI is InChI=1S/C18H24N2O5/c1-18(17(23)20-6-8-24-9-7-20)13-19(5-10-25-18)12-14-3-2-4-15(11-14)16(21)22/h2-4,11H,5-10,12-13H2,1H3,(H,21,22)/t18-/m1/s1. The lowest BCUT2D eigenvalue weighted by atomic mass is 10.0. The fraction of sp³-hybridized carbons (Fsp3) is 0.556. The van der Waals surface area contributed by atoms with Gasteiger partial charge < -0.3 is 19.5 Å². The first-order chi connectivity index (χ1) is 12.0. The molecular formula is C18H24N2O5. The summed E-state index contributed by atoms with van der Waals surface area (Å²) in [5.41, 5.74) is 0.320. The number of hydrogen-bond acceptors (Lipinski definition) is 5. The predicted molar refractivity (Wildman–Crippen MR) is 90.4 cm³/mol. The van der Waals surface area contributed by atoms with Crippen molar-refractivity contribution < 1.29 is 24.2 Å². The number of ether oxygens (including phenoxy) is 2. The average Bonchev–Trinajstić information content (AvgIpc) is 2.62. The zero-order chi connectivity index (χ0) is 17.9. The van der Waals surface area contributed by atoms with Crippen molar-refractivity contribution in [3.63, 3.8) is 0 Å². The Kier molecular flexibility index (Phi) is 5.36. The van der Waals surface area contributed by atoms with Crippen molar-refractivity contribution in [3.8, 4) is 0 Å². The lowest BCUT2D eigenvalue weighted by molar-refractivity contribution is -0.171. The maximum Gasteiger partial charge on any atom is 0.335 e. The molecule has 0 aromatic heterocycles. The first-order valence-electron chi connectivity index (χ1n) is 8.54. The highest BCUT2D eigenvalue weighted by atomic mass is 16.5. The zero-order valence-corrected chi connectivity index (χ0v) is 14.4. The van der Waals surface area contributed by atoms with Gasteiger partial charge >= 0.3 is 5.97 Å². The van der Waals surface area contributed by atoms with Gasteiger partial charge in [-0.15, -0.1) is 0 Å².